The van der Waals surface area contributed by atoms with Crippen LogP contribution in [0.25, 0.3) is 0 Å². The normalized spacial score (nSPS) is 24.6. The van der Waals surface area contributed by atoms with Crippen molar-refractivity contribution >= 4 is 5.78 Å². The van der Waals surface area contributed by atoms with Crippen LogP contribution in [0.1, 0.15) is 55.7 Å². The number of carbonyl (C=O) groups excluding carboxylic acids is 1. The molecular formula is C15H19NO. The van der Waals surface area contributed by atoms with Crippen molar-refractivity contribution in [1.29, 1.82) is 0 Å². The second-order valence-corrected chi connectivity index (χ2v) is 5.38. The van der Waals surface area contributed by atoms with Gasteiger partial charge in [0.15, 0.2) is 0 Å². The number of Topliss-reactive ketones (excluding diaryl/α,β-unsaturated/α-hetero) is 1. The van der Waals surface area contributed by atoms with E-state index in [4.69, 9.17) is 0 Å². The van der Waals surface area contributed by atoms with Crippen LogP contribution in [0.3, 0.4) is 0 Å². The number of rotatable bonds is 2. The molecule has 90 valence electrons. The third-order valence-corrected chi connectivity index (χ3v) is 4.30. The molecule has 2 aliphatic carbocycles. The Kier molecular flexibility index (Phi) is 2.96. The number of hydrogen-bond donors (Lipinski definition) is 0. The van der Waals surface area contributed by atoms with E-state index in [0.717, 1.165) is 37.8 Å². The van der Waals surface area contributed by atoms with Gasteiger partial charge in [0, 0.05) is 12.1 Å². The summed E-state index contributed by atoms with van der Waals surface area (Å²) in [4.78, 5) is 17.0. The van der Waals surface area contributed by atoms with Gasteiger partial charge >= 0.3 is 0 Å². The van der Waals surface area contributed by atoms with Crippen LogP contribution in [0.15, 0.2) is 18.3 Å². The van der Waals surface area contributed by atoms with Gasteiger partial charge < -0.3 is 0 Å². The summed E-state index contributed by atoms with van der Waals surface area (Å²) in [6, 6.07) is 4.12. The van der Waals surface area contributed by atoms with Crippen LogP contribution in [-0.4, -0.2) is 10.8 Å². The van der Waals surface area contributed by atoms with Crippen LogP contribution in [-0.2, 0) is 11.2 Å². The number of carbonyl (C=O) groups is 1. The number of nitrogens with zero attached hydrogens (tertiary/aromatic N) is 1. The van der Waals surface area contributed by atoms with Gasteiger partial charge in [-0.25, -0.2) is 0 Å². The summed E-state index contributed by atoms with van der Waals surface area (Å²) in [5, 5.41) is 0. The van der Waals surface area contributed by atoms with E-state index in [9.17, 15) is 4.79 Å². The van der Waals surface area contributed by atoms with E-state index in [1.165, 1.54) is 18.4 Å². The first kappa shape index (κ1) is 10.9. The number of aryl methyl sites for hydroxylation is 1. The molecule has 0 N–H and O–H groups in total. The largest absolute Gasteiger partial charge is 0.299 e. The van der Waals surface area contributed by atoms with Gasteiger partial charge in [0.2, 0.25) is 0 Å². The average molecular weight is 229 g/mol. The van der Waals surface area contributed by atoms with E-state index in [-0.39, 0.29) is 5.92 Å². The van der Waals surface area contributed by atoms with Crippen LogP contribution in [0.2, 0.25) is 0 Å². The zero-order chi connectivity index (χ0) is 11.7. The van der Waals surface area contributed by atoms with Gasteiger partial charge in [-0.15, -0.1) is 0 Å². The minimum atomic E-state index is 0.100. The van der Waals surface area contributed by atoms with Crippen molar-refractivity contribution in [3.8, 4) is 0 Å². The van der Waals surface area contributed by atoms with Crippen LogP contribution in [0.5, 0.6) is 0 Å². The number of aromatic nitrogens is 1. The second-order valence-electron chi connectivity index (χ2n) is 5.38. The molecule has 17 heavy (non-hydrogen) atoms. The summed E-state index contributed by atoms with van der Waals surface area (Å²) >= 11 is 0. The van der Waals surface area contributed by atoms with Crippen LogP contribution >= 0.6 is 0 Å². The lowest BCUT2D eigenvalue weighted by atomic mass is 9.80. The molecule has 1 aromatic rings. The van der Waals surface area contributed by atoms with Crippen molar-refractivity contribution in [3.63, 3.8) is 0 Å². The Morgan fingerprint density at radius 3 is 2.82 bits per heavy atom. The van der Waals surface area contributed by atoms with Crippen LogP contribution in [0.4, 0.5) is 0 Å². The van der Waals surface area contributed by atoms with E-state index in [1.807, 2.05) is 12.3 Å². The summed E-state index contributed by atoms with van der Waals surface area (Å²) in [6.07, 6.45) is 9.77. The lowest BCUT2D eigenvalue weighted by Gasteiger charge is -2.25. The molecule has 2 heteroatoms. The molecule has 0 saturated heterocycles. The molecule has 0 spiro atoms. The zero-order valence-corrected chi connectivity index (χ0v) is 10.2. The monoisotopic (exact) mass is 229 g/mol. The molecule has 0 amide bonds. The fourth-order valence-corrected chi connectivity index (χ4v) is 3.38. The summed E-state index contributed by atoms with van der Waals surface area (Å²) in [5.74, 6) is 0.901. The number of fused-ring (bicyclic) bond motifs is 1. The van der Waals surface area contributed by atoms with E-state index in [0.29, 0.717) is 11.7 Å². The number of hydrogen-bond acceptors (Lipinski definition) is 2. The minimum absolute atomic E-state index is 0.100. The Bertz CT molecular complexity index is 421. The highest BCUT2D eigenvalue weighted by molar-refractivity contribution is 5.88. The number of ketones is 1. The van der Waals surface area contributed by atoms with Crippen LogP contribution in [0, 0.1) is 5.92 Å². The Hall–Kier alpha value is -1.18. The maximum atomic E-state index is 12.5. The molecule has 2 nitrogen and oxygen atoms in total. The van der Waals surface area contributed by atoms with Crippen molar-refractivity contribution in [2.24, 2.45) is 5.92 Å². The molecule has 1 unspecified atom stereocenters. The van der Waals surface area contributed by atoms with Gasteiger partial charge in [0.25, 0.3) is 0 Å². The second kappa shape index (κ2) is 4.59. The third-order valence-electron chi connectivity index (χ3n) is 4.30. The smallest absolute Gasteiger partial charge is 0.144 e. The number of pyridine rings is 1. The fourth-order valence-electron chi connectivity index (χ4n) is 3.38. The van der Waals surface area contributed by atoms with Gasteiger partial charge in [0.1, 0.15) is 5.78 Å². The highest BCUT2D eigenvalue weighted by Crippen LogP contribution is 2.36. The molecular weight excluding hydrogens is 210 g/mol. The molecule has 0 aromatic carbocycles. The minimum Gasteiger partial charge on any atom is -0.299 e. The summed E-state index contributed by atoms with van der Waals surface area (Å²) < 4.78 is 0. The highest BCUT2D eigenvalue weighted by Gasteiger charge is 2.33. The Morgan fingerprint density at radius 1 is 1.18 bits per heavy atom. The van der Waals surface area contributed by atoms with Gasteiger partial charge in [0.05, 0.1) is 11.6 Å². The predicted molar refractivity (Wildman–Crippen MR) is 66.9 cm³/mol. The van der Waals surface area contributed by atoms with Gasteiger partial charge in [-0.05, 0) is 43.7 Å². The average Bonchev–Trinajstić information content (AvgIpc) is 2.91. The molecule has 0 aliphatic heterocycles. The maximum absolute atomic E-state index is 12.5. The molecule has 1 fully saturated rings. The van der Waals surface area contributed by atoms with Crippen molar-refractivity contribution in [1.82, 2.24) is 4.98 Å². The first-order valence-corrected chi connectivity index (χ1v) is 6.84. The fraction of sp³-hybridized carbons (Fsp3) is 0.600. The SMILES string of the molecule is O=C(C1CCCC1)C1CCCc2cccnc21. The third kappa shape index (κ3) is 2.01. The van der Waals surface area contributed by atoms with Crippen molar-refractivity contribution < 1.29 is 4.79 Å². The summed E-state index contributed by atoms with van der Waals surface area (Å²) in [5.41, 5.74) is 2.38. The summed E-state index contributed by atoms with van der Waals surface area (Å²) in [6.45, 7) is 0. The zero-order valence-electron chi connectivity index (χ0n) is 10.2. The predicted octanol–water partition coefficient (Wildman–Crippen LogP) is 3.26. The lowest BCUT2D eigenvalue weighted by molar-refractivity contribution is -0.124. The molecule has 1 atom stereocenters. The molecule has 0 bridgehead atoms. The maximum Gasteiger partial charge on any atom is 0.144 e. The molecule has 2 aliphatic rings. The first-order valence-electron chi connectivity index (χ1n) is 6.84. The molecule has 1 heterocycles. The Labute approximate surface area is 102 Å². The van der Waals surface area contributed by atoms with Crippen molar-refractivity contribution in [2.45, 2.75) is 50.9 Å². The van der Waals surface area contributed by atoms with Gasteiger partial charge in [-0.2, -0.15) is 0 Å². The first-order chi connectivity index (χ1) is 8.36. The highest BCUT2D eigenvalue weighted by atomic mass is 16.1. The lowest BCUT2D eigenvalue weighted by Crippen LogP contribution is -2.24. The quantitative estimate of drug-likeness (QED) is 0.779. The van der Waals surface area contributed by atoms with Gasteiger partial charge in [-0.1, -0.05) is 18.9 Å². The molecule has 1 aromatic heterocycles. The Balaban J connectivity index is 1.86. The van der Waals surface area contributed by atoms with E-state index < -0.39 is 0 Å². The van der Waals surface area contributed by atoms with Crippen molar-refractivity contribution in [3.05, 3.63) is 29.6 Å². The van der Waals surface area contributed by atoms with E-state index in [2.05, 4.69) is 11.1 Å². The molecule has 0 radical (unpaired) electrons. The molecule has 3 rings (SSSR count). The van der Waals surface area contributed by atoms with E-state index in [1.54, 1.807) is 0 Å². The Morgan fingerprint density at radius 2 is 2.00 bits per heavy atom. The standard InChI is InChI=1S/C15H19NO/c17-15(12-5-1-2-6-12)13-9-3-7-11-8-4-10-16-14(11)13/h4,8,10,12-13H,1-3,5-7,9H2. The molecule has 1 saturated carbocycles. The topological polar surface area (TPSA) is 30.0 Å². The van der Waals surface area contributed by atoms with E-state index >= 15 is 0 Å². The van der Waals surface area contributed by atoms with Gasteiger partial charge in [-0.3, -0.25) is 9.78 Å². The van der Waals surface area contributed by atoms with Crippen molar-refractivity contribution in [2.75, 3.05) is 0 Å². The summed E-state index contributed by atoms with van der Waals surface area (Å²) in [7, 11) is 0. The van der Waals surface area contributed by atoms with Crippen LogP contribution < -0.4 is 0 Å².